The summed E-state index contributed by atoms with van der Waals surface area (Å²) in [4.78, 5) is 3.94. The molecule has 1 aliphatic heterocycles. The quantitative estimate of drug-likeness (QED) is 0.909. The van der Waals surface area contributed by atoms with Crippen LogP contribution in [0.5, 0.6) is 0 Å². The van der Waals surface area contributed by atoms with Crippen molar-refractivity contribution < 1.29 is 8.42 Å². The third-order valence-electron chi connectivity index (χ3n) is 3.78. The molecule has 2 rings (SSSR count). The Labute approximate surface area is 125 Å². The molecule has 5 nitrogen and oxygen atoms in total. The fraction of sp³-hybridized carbons (Fsp3) is 0.615. The Morgan fingerprint density at radius 2 is 2.05 bits per heavy atom. The summed E-state index contributed by atoms with van der Waals surface area (Å²) in [5.41, 5.74) is 5.70. The van der Waals surface area contributed by atoms with Crippen molar-refractivity contribution in [1.29, 1.82) is 0 Å². The average Bonchev–Trinajstić information content (AvgIpc) is 2.54. The van der Waals surface area contributed by atoms with Gasteiger partial charge in [0.2, 0.25) is 10.0 Å². The van der Waals surface area contributed by atoms with Crippen LogP contribution in [0.25, 0.3) is 0 Å². The van der Waals surface area contributed by atoms with Gasteiger partial charge in [-0.1, -0.05) is 25.4 Å². The van der Waals surface area contributed by atoms with Gasteiger partial charge in [0.15, 0.2) is 0 Å². The first-order valence-corrected chi connectivity index (χ1v) is 8.45. The van der Waals surface area contributed by atoms with E-state index in [1.807, 2.05) is 0 Å². The number of anilines is 1. The summed E-state index contributed by atoms with van der Waals surface area (Å²) < 4.78 is 26.7. The Hall–Kier alpha value is -0.850. The van der Waals surface area contributed by atoms with Gasteiger partial charge in [-0.05, 0) is 30.7 Å². The maximum absolute atomic E-state index is 12.6. The Kier molecular flexibility index (Phi) is 4.27. The number of rotatable bonds is 2. The summed E-state index contributed by atoms with van der Waals surface area (Å²) in [6, 6.07) is 1.37. The summed E-state index contributed by atoms with van der Waals surface area (Å²) in [6.07, 6.45) is 4.01. The highest BCUT2D eigenvalue weighted by molar-refractivity contribution is 7.89. The van der Waals surface area contributed by atoms with Crippen LogP contribution in [0.2, 0.25) is 5.02 Å². The van der Waals surface area contributed by atoms with Crippen molar-refractivity contribution in [2.24, 2.45) is 5.41 Å². The number of nitrogen functional groups attached to an aromatic ring is 1. The highest BCUT2D eigenvalue weighted by Crippen LogP contribution is 2.32. The standard InChI is InChI=1S/C13H20ClN3O2S/c1-13(2)4-3-6-17(7-5-13)20(18,19)10-8-11(14)12(15)16-9-10/h8-9H,3-7H2,1-2H3,(H2,15,16). The van der Waals surface area contributed by atoms with Gasteiger partial charge in [-0.3, -0.25) is 0 Å². The number of pyridine rings is 1. The van der Waals surface area contributed by atoms with Crippen molar-refractivity contribution in [2.45, 2.75) is 38.0 Å². The monoisotopic (exact) mass is 317 g/mol. The molecule has 0 bridgehead atoms. The largest absolute Gasteiger partial charge is 0.382 e. The molecule has 0 aliphatic carbocycles. The molecule has 7 heteroatoms. The maximum atomic E-state index is 12.6. The lowest BCUT2D eigenvalue weighted by molar-refractivity contribution is 0.315. The van der Waals surface area contributed by atoms with Gasteiger partial charge in [-0.2, -0.15) is 4.31 Å². The van der Waals surface area contributed by atoms with E-state index in [-0.39, 0.29) is 21.2 Å². The molecule has 20 heavy (non-hydrogen) atoms. The predicted molar refractivity (Wildman–Crippen MR) is 80.1 cm³/mol. The smallest absolute Gasteiger partial charge is 0.244 e. The molecule has 1 saturated heterocycles. The van der Waals surface area contributed by atoms with Gasteiger partial charge in [0.25, 0.3) is 0 Å². The van der Waals surface area contributed by atoms with Crippen LogP contribution in [0.3, 0.4) is 0 Å². The summed E-state index contributed by atoms with van der Waals surface area (Å²) in [5, 5.41) is 0.168. The van der Waals surface area contributed by atoms with Gasteiger partial charge in [0, 0.05) is 19.3 Å². The van der Waals surface area contributed by atoms with E-state index < -0.39 is 10.0 Å². The molecule has 0 atom stereocenters. The molecular formula is C13H20ClN3O2S. The second-order valence-electron chi connectivity index (χ2n) is 5.96. The first kappa shape index (κ1) is 15.5. The SMILES string of the molecule is CC1(C)CCCN(S(=O)(=O)c2cnc(N)c(Cl)c2)CC1. The molecular weight excluding hydrogens is 298 g/mol. The van der Waals surface area contributed by atoms with Gasteiger partial charge in [0.05, 0.1) is 5.02 Å². The van der Waals surface area contributed by atoms with E-state index in [0.29, 0.717) is 13.1 Å². The number of sulfonamides is 1. The van der Waals surface area contributed by atoms with Crippen LogP contribution in [0.15, 0.2) is 17.2 Å². The summed E-state index contributed by atoms with van der Waals surface area (Å²) in [7, 11) is -3.54. The average molecular weight is 318 g/mol. The van der Waals surface area contributed by atoms with E-state index >= 15 is 0 Å². The molecule has 1 fully saturated rings. The Balaban J connectivity index is 2.28. The highest BCUT2D eigenvalue weighted by atomic mass is 35.5. The minimum Gasteiger partial charge on any atom is -0.382 e. The molecule has 0 aromatic carbocycles. The third-order valence-corrected chi connectivity index (χ3v) is 5.95. The lowest BCUT2D eigenvalue weighted by atomic mass is 9.85. The van der Waals surface area contributed by atoms with Gasteiger partial charge >= 0.3 is 0 Å². The van der Waals surface area contributed by atoms with Gasteiger partial charge < -0.3 is 5.73 Å². The molecule has 1 aromatic rings. The van der Waals surface area contributed by atoms with Crippen LogP contribution >= 0.6 is 11.6 Å². The summed E-state index contributed by atoms with van der Waals surface area (Å²) >= 11 is 5.87. The molecule has 1 aromatic heterocycles. The molecule has 1 aliphatic rings. The number of hydrogen-bond acceptors (Lipinski definition) is 4. The van der Waals surface area contributed by atoms with E-state index in [0.717, 1.165) is 19.3 Å². The summed E-state index contributed by atoms with van der Waals surface area (Å²) in [5.74, 6) is 0.141. The van der Waals surface area contributed by atoms with Gasteiger partial charge in [-0.25, -0.2) is 13.4 Å². The normalized spacial score (nSPS) is 20.6. The minimum atomic E-state index is -3.54. The second-order valence-corrected chi connectivity index (χ2v) is 8.31. The first-order chi connectivity index (χ1) is 9.22. The van der Waals surface area contributed by atoms with Crippen LogP contribution < -0.4 is 5.73 Å². The zero-order valence-corrected chi connectivity index (χ0v) is 13.3. The van der Waals surface area contributed by atoms with E-state index in [1.165, 1.54) is 16.6 Å². The minimum absolute atomic E-state index is 0.108. The Morgan fingerprint density at radius 1 is 1.35 bits per heavy atom. The number of nitrogens with two attached hydrogens (primary N) is 1. The fourth-order valence-corrected chi connectivity index (χ4v) is 4.04. The van der Waals surface area contributed by atoms with Crippen LogP contribution in [-0.4, -0.2) is 30.8 Å². The predicted octanol–water partition coefficient (Wildman–Crippen LogP) is 2.52. The molecule has 2 heterocycles. The van der Waals surface area contributed by atoms with E-state index in [2.05, 4.69) is 18.8 Å². The number of nitrogens with zero attached hydrogens (tertiary/aromatic N) is 2. The van der Waals surface area contributed by atoms with Crippen molar-refractivity contribution >= 4 is 27.4 Å². The lowest BCUT2D eigenvalue weighted by Gasteiger charge is -2.23. The second kappa shape index (κ2) is 5.50. The molecule has 0 spiro atoms. The van der Waals surface area contributed by atoms with Crippen LogP contribution in [-0.2, 0) is 10.0 Å². The van der Waals surface area contributed by atoms with Crippen LogP contribution in [0, 0.1) is 5.41 Å². The first-order valence-electron chi connectivity index (χ1n) is 6.64. The van der Waals surface area contributed by atoms with Gasteiger partial charge in [-0.15, -0.1) is 0 Å². The summed E-state index contributed by atoms with van der Waals surface area (Å²) in [6.45, 7) is 5.40. The molecule has 0 unspecified atom stereocenters. The Morgan fingerprint density at radius 3 is 2.70 bits per heavy atom. The van der Waals surface area contributed by atoms with Crippen molar-refractivity contribution in [3.05, 3.63) is 17.3 Å². The molecule has 112 valence electrons. The molecule has 2 N–H and O–H groups in total. The van der Waals surface area contributed by atoms with Crippen molar-refractivity contribution in [2.75, 3.05) is 18.8 Å². The van der Waals surface area contributed by atoms with Crippen molar-refractivity contribution in [1.82, 2.24) is 9.29 Å². The van der Waals surface area contributed by atoms with Crippen molar-refractivity contribution in [3.8, 4) is 0 Å². The number of halogens is 1. The van der Waals surface area contributed by atoms with E-state index in [9.17, 15) is 8.42 Å². The molecule has 0 saturated carbocycles. The zero-order chi connectivity index (χ0) is 15.0. The maximum Gasteiger partial charge on any atom is 0.244 e. The van der Waals surface area contributed by atoms with Crippen molar-refractivity contribution in [3.63, 3.8) is 0 Å². The van der Waals surface area contributed by atoms with E-state index in [4.69, 9.17) is 17.3 Å². The topological polar surface area (TPSA) is 76.3 Å². The fourth-order valence-electron chi connectivity index (χ4n) is 2.36. The molecule has 0 radical (unpaired) electrons. The third kappa shape index (κ3) is 3.24. The van der Waals surface area contributed by atoms with Crippen LogP contribution in [0.1, 0.15) is 33.1 Å². The number of aromatic nitrogens is 1. The highest BCUT2D eigenvalue weighted by Gasteiger charge is 2.30. The van der Waals surface area contributed by atoms with E-state index in [1.54, 1.807) is 0 Å². The van der Waals surface area contributed by atoms with Gasteiger partial charge in [0.1, 0.15) is 10.7 Å². The van der Waals surface area contributed by atoms with Crippen LogP contribution in [0.4, 0.5) is 5.82 Å². The Bertz CT molecular complexity index is 602. The number of hydrogen-bond donors (Lipinski definition) is 1. The zero-order valence-electron chi connectivity index (χ0n) is 11.8. The molecule has 0 amide bonds. The lowest BCUT2D eigenvalue weighted by Crippen LogP contribution is -2.32.